The standard InChI is InChI=1S/C21H17N5O3/c27-21(18-12-7-13-22-20(18)29-17-10-5-2-6-11-17)28-15-19-23-24-25-26(19)14-16-8-3-1-4-9-16/h1-13H,14-15H2. The number of tetrazole rings is 1. The highest BCUT2D eigenvalue weighted by molar-refractivity contribution is 5.91. The fraction of sp³-hybridized carbons (Fsp3) is 0.0952. The average molecular weight is 387 g/mol. The van der Waals surface area contributed by atoms with Gasteiger partial charge in [-0.05, 0) is 40.3 Å². The van der Waals surface area contributed by atoms with Gasteiger partial charge in [0.05, 0.1) is 6.54 Å². The van der Waals surface area contributed by atoms with Crippen molar-refractivity contribution in [3.05, 3.63) is 95.9 Å². The number of hydrogen-bond acceptors (Lipinski definition) is 7. The minimum absolute atomic E-state index is 0.0711. The van der Waals surface area contributed by atoms with E-state index in [1.54, 1.807) is 35.1 Å². The Labute approximate surface area is 166 Å². The van der Waals surface area contributed by atoms with Crippen molar-refractivity contribution >= 4 is 5.97 Å². The summed E-state index contributed by atoms with van der Waals surface area (Å²) >= 11 is 0. The van der Waals surface area contributed by atoms with Crippen LogP contribution in [0.25, 0.3) is 0 Å². The summed E-state index contributed by atoms with van der Waals surface area (Å²) in [5, 5.41) is 11.6. The summed E-state index contributed by atoms with van der Waals surface area (Å²) in [7, 11) is 0. The molecule has 0 spiro atoms. The topological polar surface area (TPSA) is 92.0 Å². The van der Waals surface area contributed by atoms with Crippen molar-refractivity contribution in [2.24, 2.45) is 0 Å². The summed E-state index contributed by atoms with van der Waals surface area (Å²) in [5.41, 5.74) is 1.26. The molecule has 2 aromatic heterocycles. The minimum Gasteiger partial charge on any atom is -0.454 e. The summed E-state index contributed by atoms with van der Waals surface area (Å²) in [4.78, 5) is 16.7. The number of esters is 1. The lowest BCUT2D eigenvalue weighted by molar-refractivity contribution is 0.0453. The second-order valence-corrected chi connectivity index (χ2v) is 6.09. The molecule has 0 saturated heterocycles. The van der Waals surface area contributed by atoms with Crippen LogP contribution in [0.15, 0.2) is 79.0 Å². The number of para-hydroxylation sites is 1. The molecule has 4 aromatic rings. The Morgan fingerprint density at radius 1 is 0.931 bits per heavy atom. The Morgan fingerprint density at radius 2 is 1.69 bits per heavy atom. The Kier molecular flexibility index (Phi) is 5.52. The molecule has 0 N–H and O–H groups in total. The molecule has 0 atom stereocenters. The van der Waals surface area contributed by atoms with E-state index in [0.717, 1.165) is 5.56 Å². The molecule has 29 heavy (non-hydrogen) atoms. The van der Waals surface area contributed by atoms with Crippen molar-refractivity contribution in [3.8, 4) is 11.6 Å². The fourth-order valence-electron chi connectivity index (χ4n) is 2.64. The fourth-order valence-corrected chi connectivity index (χ4v) is 2.64. The van der Waals surface area contributed by atoms with Gasteiger partial charge in [0.15, 0.2) is 12.4 Å². The second-order valence-electron chi connectivity index (χ2n) is 6.09. The number of rotatable bonds is 7. The average Bonchev–Trinajstić information content (AvgIpc) is 3.21. The first-order valence-corrected chi connectivity index (χ1v) is 8.93. The zero-order valence-corrected chi connectivity index (χ0v) is 15.4. The van der Waals surface area contributed by atoms with Crippen LogP contribution >= 0.6 is 0 Å². The monoisotopic (exact) mass is 387 g/mol. The van der Waals surface area contributed by atoms with Crippen molar-refractivity contribution < 1.29 is 14.3 Å². The SMILES string of the molecule is O=C(OCc1nnnn1Cc1ccccc1)c1cccnc1Oc1ccccc1. The molecular formula is C21H17N5O3. The summed E-state index contributed by atoms with van der Waals surface area (Å²) < 4.78 is 12.7. The molecule has 2 heterocycles. The van der Waals surface area contributed by atoms with Gasteiger partial charge in [-0.2, -0.15) is 0 Å². The van der Waals surface area contributed by atoms with Crippen molar-refractivity contribution in [3.63, 3.8) is 0 Å². The Balaban J connectivity index is 1.44. The van der Waals surface area contributed by atoms with Gasteiger partial charge in [-0.15, -0.1) is 5.10 Å². The molecule has 0 bridgehead atoms. The van der Waals surface area contributed by atoms with Gasteiger partial charge in [-0.3, -0.25) is 0 Å². The van der Waals surface area contributed by atoms with Crippen molar-refractivity contribution in [1.29, 1.82) is 0 Å². The van der Waals surface area contributed by atoms with Gasteiger partial charge in [0, 0.05) is 6.20 Å². The highest BCUT2D eigenvalue weighted by Crippen LogP contribution is 2.23. The smallest absolute Gasteiger partial charge is 0.344 e. The molecule has 0 fully saturated rings. The minimum atomic E-state index is -0.571. The zero-order valence-electron chi connectivity index (χ0n) is 15.4. The van der Waals surface area contributed by atoms with Crippen LogP contribution < -0.4 is 4.74 Å². The Bertz CT molecular complexity index is 1080. The highest BCUT2D eigenvalue weighted by Gasteiger charge is 2.17. The Morgan fingerprint density at radius 3 is 2.48 bits per heavy atom. The Hall–Kier alpha value is -4.07. The van der Waals surface area contributed by atoms with E-state index in [1.165, 1.54) is 0 Å². The van der Waals surface area contributed by atoms with Gasteiger partial charge in [0.1, 0.15) is 11.3 Å². The summed E-state index contributed by atoms with van der Waals surface area (Å²) in [5.74, 6) is 0.620. The number of pyridine rings is 1. The number of hydrogen-bond donors (Lipinski definition) is 0. The molecule has 0 radical (unpaired) electrons. The molecule has 8 nitrogen and oxygen atoms in total. The third-order valence-electron chi connectivity index (χ3n) is 4.06. The first-order valence-electron chi connectivity index (χ1n) is 8.93. The van der Waals surface area contributed by atoms with Crippen molar-refractivity contribution in [1.82, 2.24) is 25.2 Å². The van der Waals surface area contributed by atoms with E-state index in [4.69, 9.17) is 9.47 Å². The van der Waals surface area contributed by atoms with Crippen LogP contribution in [-0.4, -0.2) is 31.2 Å². The molecule has 0 aliphatic rings. The molecule has 144 valence electrons. The van der Waals surface area contributed by atoms with Gasteiger partial charge >= 0.3 is 5.97 Å². The quantitative estimate of drug-likeness (QED) is 0.449. The van der Waals surface area contributed by atoms with E-state index < -0.39 is 5.97 Å². The molecule has 0 aliphatic carbocycles. The summed E-state index contributed by atoms with van der Waals surface area (Å²) in [6.45, 7) is 0.411. The van der Waals surface area contributed by atoms with E-state index in [-0.39, 0.29) is 18.1 Å². The van der Waals surface area contributed by atoms with Gasteiger partial charge in [0.25, 0.3) is 0 Å². The van der Waals surface area contributed by atoms with E-state index >= 15 is 0 Å². The molecule has 0 unspecified atom stereocenters. The molecule has 0 aliphatic heterocycles. The molecule has 8 heteroatoms. The normalized spacial score (nSPS) is 10.5. The zero-order chi connectivity index (χ0) is 19.9. The molecule has 0 saturated carbocycles. The van der Waals surface area contributed by atoms with E-state index in [9.17, 15) is 4.79 Å². The molecular weight excluding hydrogens is 370 g/mol. The largest absolute Gasteiger partial charge is 0.454 e. The van der Waals surface area contributed by atoms with E-state index in [1.807, 2.05) is 48.5 Å². The third-order valence-corrected chi connectivity index (χ3v) is 4.06. The first-order chi connectivity index (χ1) is 14.3. The van der Waals surface area contributed by atoms with Crippen molar-refractivity contribution in [2.75, 3.05) is 0 Å². The maximum Gasteiger partial charge on any atom is 0.344 e. The number of carbonyl (C=O) groups excluding carboxylic acids is 1. The van der Waals surface area contributed by atoms with Crippen LogP contribution in [0.5, 0.6) is 11.6 Å². The van der Waals surface area contributed by atoms with Crippen LogP contribution in [0.1, 0.15) is 21.7 Å². The van der Waals surface area contributed by atoms with E-state index in [0.29, 0.717) is 18.1 Å². The van der Waals surface area contributed by atoms with Gasteiger partial charge < -0.3 is 9.47 Å². The lowest BCUT2D eigenvalue weighted by atomic mass is 10.2. The number of aromatic nitrogens is 5. The molecule has 0 amide bonds. The summed E-state index contributed by atoms with van der Waals surface area (Å²) in [6, 6.07) is 22.1. The predicted molar refractivity (Wildman–Crippen MR) is 103 cm³/mol. The van der Waals surface area contributed by atoms with Crippen LogP contribution in [0, 0.1) is 0 Å². The summed E-state index contributed by atoms with van der Waals surface area (Å²) in [6.07, 6.45) is 1.55. The maximum atomic E-state index is 12.6. The second kappa shape index (κ2) is 8.75. The molecule has 2 aromatic carbocycles. The van der Waals surface area contributed by atoms with Crippen molar-refractivity contribution in [2.45, 2.75) is 13.2 Å². The number of benzene rings is 2. The lowest BCUT2D eigenvalue weighted by Crippen LogP contribution is -2.12. The first kappa shape index (κ1) is 18.3. The predicted octanol–water partition coefficient (Wildman–Crippen LogP) is 3.27. The maximum absolute atomic E-state index is 12.6. The van der Waals surface area contributed by atoms with Crippen LogP contribution in [0.3, 0.4) is 0 Å². The van der Waals surface area contributed by atoms with Gasteiger partial charge in [0.2, 0.25) is 5.88 Å². The van der Waals surface area contributed by atoms with Crippen LogP contribution in [0.2, 0.25) is 0 Å². The van der Waals surface area contributed by atoms with Crippen LogP contribution in [-0.2, 0) is 17.9 Å². The number of nitrogens with zero attached hydrogens (tertiary/aromatic N) is 5. The van der Waals surface area contributed by atoms with Crippen LogP contribution in [0.4, 0.5) is 0 Å². The van der Waals surface area contributed by atoms with Gasteiger partial charge in [-0.25, -0.2) is 14.5 Å². The lowest BCUT2D eigenvalue weighted by Gasteiger charge is -2.10. The highest BCUT2D eigenvalue weighted by atomic mass is 16.5. The van der Waals surface area contributed by atoms with E-state index in [2.05, 4.69) is 20.5 Å². The van der Waals surface area contributed by atoms with Gasteiger partial charge in [-0.1, -0.05) is 48.5 Å². The molecule has 4 rings (SSSR count). The number of ether oxygens (including phenoxy) is 2. The number of carbonyl (C=O) groups is 1. The third kappa shape index (κ3) is 4.62.